The fourth-order valence-corrected chi connectivity index (χ4v) is 2.28. The molecule has 0 bridgehead atoms. The molecule has 22 heavy (non-hydrogen) atoms. The molecule has 0 fully saturated rings. The Kier molecular flexibility index (Phi) is 4.01. The van der Waals surface area contributed by atoms with Crippen LogP contribution < -0.4 is 10.2 Å². The third-order valence-electron chi connectivity index (χ3n) is 3.42. The van der Waals surface area contributed by atoms with Gasteiger partial charge in [-0.15, -0.1) is 0 Å². The van der Waals surface area contributed by atoms with Crippen LogP contribution in [0.3, 0.4) is 0 Å². The van der Waals surface area contributed by atoms with Gasteiger partial charge in [0.05, 0.1) is 18.8 Å². The molecule has 2 aromatic carbocycles. The molecule has 0 aliphatic carbocycles. The fraction of sp³-hybridized carbons (Fsp3) is 0.111. The van der Waals surface area contributed by atoms with Gasteiger partial charge in [0.1, 0.15) is 11.6 Å². The Labute approximate surface area is 129 Å². The fourth-order valence-electron chi connectivity index (χ4n) is 2.28. The third-order valence-corrected chi connectivity index (χ3v) is 3.42. The molecule has 110 valence electrons. The van der Waals surface area contributed by atoms with Crippen molar-refractivity contribution in [2.45, 2.75) is 6.92 Å². The van der Waals surface area contributed by atoms with E-state index in [0.717, 1.165) is 27.8 Å². The minimum absolute atomic E-state index is 0.713. The number of nitrogens with zero attached hydrogens (tertiary/aromatic N) is 2. The number of hydrazone groups is 1. The molecule has 3 rings (SSSR count). The van der Waals surface area contributed by atoms with E-state index in [1.807, 2.05) is 54.6 Å². The maximum absolute atomic E-state index is 5.25. The highest BCUT2D eigenvalue weighted by Crippen LogP contribution is 2.24. The van der Waals surface area contributed by atoms with Crippen LogP contribution in [0.5, 0.6) is 5.75 Å². The summed E-state index contributed by atoms with van der Waals surface area (Å²) in [5, 5.41) is 5.34. The van der Waals surface area contributed by atoms with Gasteiger partial charge in [-0.25, -0.2) is 4.98 Å². The van der Waals surface area contributed by atoms with E-state index in [2.05, 4.69) is 22.4 Å². The molecule has 0 amide bonds. The van der Waals surface area contributed by atoms with E-state index in [1.54, 1.807) is 13.3 Å². The van der Waals surface area contributed by atoms with Crippen LogP contribution in [-0.4, -0.2) is 18.3 Å². The van der Waals surface area contributed by atoms with Gasteiger partial charge in [-0.05, 0) is 36.2 Å². The van der Waals surface area contributed by atoms with Crippen molar-refractivity contribution >= 4 is 22.9 Å². The van der Waals surface area contributed by atoms with E-state index in [1.165, 1.54) is 0 Å². The van der Waals surface area contributed by atoms with Gasteiger partial charge in [-0.2, -0.15) is 5.10 Å². The number of aromatic nitrogens is 1. The summed E-state index contributed by atoms with van der Waals surface area (Å²) in [5.41, 5.74) is 6.05. The van der Waals surface area contributed by atoms with Crippen LogP contribution in [-0.2, 0) is 0 Å². The first kappa shape index (κ1) is 14.1. The molecule has 4 nitrogen and oxygen atoms in total. The molecule has 0 saturated heterocycles. The second-order valence-corrected chi connectivity index (χ2v) is 4.99. The van der Waals surface area contributed by atoms with Crippen LogP contribution in [0.4, 0.5) is 5.82 Å². The maximum Gasteiger partial charge on any atom is 0.147 e. The lowest BCUT2D eigenvalue weighted by Crippen LogP contribution is -1.96. The first-order valence-electron chi connectivity index (χ1n) is 7.06. The second kappa shape index (κ2) is 6.26. The lowest BCUT2D eigenvalue weighted by atomic mass is 10.1. The van der Waals surface area contributed by atoms with Gasteiger partial charge >= 0.3 is 0 Å². The number of nitrogens with one attached hydrogen (secondary N) is 1. The van der Waals surface area contributed by atoms with E-state index in [4.69, 9.17) is 4.74 Å². The SMILES string of the molecule is COc1ccc2c(C)cc(NN=Cc3ccccc3)nc2c1. The average Bonchev–Trinajstić information content (AvgIpc) is 2.55. The number of anilines is 1. The van der Waals surface area contributed by atoms with Crippen LogP contribution in [0.2, 0.25) is 0 Å². The smallest absolute Gasteiger partial charge is 0.147 e. The Morgan fingerprint density at radius 2 is 1.91 bits per heavy atom. The molecule has 0 aliphatic heterocycles. The normalized spacial score (nSPS) is 11.0. The number of aryl methyl sites for hydroxylation is 1. The number of ether oxygens (including phenoxy) is 1. The van der Waals surface area contributed by atoms with E-state index >= 15 is 0 Å². The van der Waals surface area contributed by atoms with E-state index in [9.17, 15) is 0 Å². The van der Waals surface area contributed by atoms with Crippen molar-refractivity contribution in [3.63, 3.8) is 0 Å². The number of benzene rings is 2. The zero-order chi connectivity index (χ0) is 15.4. The average molecular weight is 291 g/mol. The highest BCUT2D eigenvalue weighted by Gasteiger charge is 2.03. The largest absolute Gasteiger partial charge is 0.497 e. The Bertz CT molecular complexity index is 813. The Balaban J connectivity index is 1.86. The summed E-state index contributed by atoms with van der Waals surface area (Å²) < 4.78 is 5.25. The minimum atomic E-state index is 0.713. The number of methoxy groups -OCH3 is 1. The molecular weight excluding hydrogens is 274 g/mol. The summed E-state index contributed by atoms with van der Waals surface area (Å²) in [6, 6.07) is 17.8. The summed E-state index contributed by atoms with van der Waals surface area (Å²) in [6.07, 6.45) is 1.77. The van der Waals surface area contributed by atoms with Crippen LogP contribution >= 0.6 is 0 Å². The van der Waals surface area contributed by atoms with Crippen molar-refractivity contribution in [3.8, 4) is 5.75 Å². The maximum atomic E-state index is 5.25. The monoisotopic (exact) mass is 291 g/mol. The molecule has 0 atom stereocenters. The topological polar surface area (TPSA) is 46.5 Å². The van der Waals surface area contributed by atoms with Crippen molar-refractivity contribution in [2.75, 3.05) is 12.5 Å². The Hall–Kier alpha value is -2.88. The molecule has 0 spiro atoms. The third kappa shape index (κ3) is 3.06. The predicted molar refractivity (Wildman–Crippen MR) is 90.7 cm³/mol. The molecule has 0 unspecified atom stereocenters. The van der Waals surface area contributed by atoms with Crippen LogP contribution in [0.25, 0.3) is 10.9 Å². The van der Waals surface area contributed by atoms with E-state index in [-0.39, 0.29) is 0 Å². The summed E-state index contributed by atoms with van der Waals surface area (Å²) in [4.78, 5) is 4.57. The van der Waals surface area contributed by atoms with Crippen molar-refractivity contribution in [3.05, 3.63) is 65.7 Å². The van der Waals surface area contributed by atoms with Crippen LogP contribution in [0.15, 0.2) is 59.7 Å². The van der Waals surface area contributed by atoms with Crippen molar-refractivity contribution < 1.29 is 4.74 Å². The highest BCUT2D eigenvalue weighted by atomic mass is 16.5. The van der Waals surface area contributed by atoms with Crippen molar-refractivity contribution in [2.24, 2.45) is 5.10 Å². The predicted octanol–water partition coefficient (Wildman–Crippen LogP) is 4.00. The Morgan fingerprint density at radius 1 is 1.09 bits per heavy atom. The number of hydrogen-bond donors (Lipinski definition) is 1. The first-order valence-corrected chi connectivity index (χ1v) is 7.06. The number of fused-ring (bicyclic) bond motifs is 1. The van der Waals surface area contributed by atoms with Gasteiger partial charge in [-0.1, -0.05) is 30.3 Å². The van der Waals surface area contributed by atoms with Gasteiger partial charge in [-0.3, -0.25) is 5.43 Å². The van der Waals surface area contributed by atoms with Crippen LogP contribution in [0, 0.1) is 6.92 Å². The lowest BCUT2D eigenvalue weighted by molar-refractivity contribution is 0.415. The minimum Gasteiger partial charge on any atom is -0.497 e. The van der Waals surface area contributed by atoms with E-state index < -0.39 is 0 Å². The summed E-state index contributed by atoms with van der Waals surface area (Å²) in [6.45, 7) is 2.06. The Morgan fingerprint density at radius 3 is 2.68 bits per heavy atom. The molecular formula is C18H17N3O. The molecule has 1 aromatic heterocycles. The molecule has 1 heterocycles. The van der Waals surface area contributed by atoms with Gasteiger partial charge in [0.15, 0.2) is 0 Å². The van der Waals surface area contributed by atoms with Crippen molar-refractivity contribution in [1.82, 2.24) is 4.98 Å². The zero-order valence-corrected chi connectivity index (χ0v) is 12.6. The molecule has 4 heteroatoms. The first-order chi connectivity index (χ1) is 10.8. The number of pyridine rings is 1. The van der Waals surface area contributed by atoms with Crippen molar-refractivity contribution in [1.29, 1.82) is 0 Å². The summed E-state index contributed by atoms with van der Waals surface area (Å²) >= 11 is 0. The number of hydrogen-bond acceptors (Lipinski definition) is 4. The summed E-state index contributed by atoms with van der Waals surface area (Å²) in [5.74, 6) is 1.51. The highest BCUT2D eigenvalue weighted by molar-refractivity contribution is 5.85. The molecule has 0 saturated carbocycles. The van der Waals surface area contributed by atoms with E-state index in [0.29, 0.717) is 5.82 Å². The molecule has 0 aliphatic rings. The van der Waals surface area contributed by atoms with Gasteiger partial charge in [0.25, 0.3) is 0 Å². The quantitative estimate of drug-likeness (QED) is 0.584. The molecule has 3 aromatic rings. The van der Waals surface area contributed by atoms with Gasteiger partial charge in [0, 0.05) is 11.5 Å². The summed E-state index contributed by atoms with van der Waals surface area (Å²) in [7, 11) is 1.65. The molecule has 0 radical (unpaired) electrons. The lowest BCUT2D eigenvalue weighted by Gasteiger charge is -2.07. The zero-order valence-electron chi connectivity index (χ0n) is 12.6. The standard InChI is InChI=1S/C18H17N3O/c1-13-10-18(21-19-12-14-6-4-3-5-7-14)20-17-11-15(22-2)8-9-16(13)17/h3-12H,1-2H3,(H,20,21). The van der Waals surface area contributed by atoms with Crippen LogP contribution in [0.1, 0.15) is 11.1 Å². The van der Waals surface area contributed by atoms with Gasteiger partial charge in [0.2, 0.25) is 0 Å². The second-order valence-electron chi connectivity index (χ2n) is 4.99. The van der Waals surface area contributed by atoms with Gasteiger partial charge < -0.3 is 4.74 Å². The molecule has 1 N–H and O–H groups in total. The number of rotatable bonds is 4.